The zero-order chi connectivity index (χ0) is 17.6. The first-order valence-corrected chi connectivity index (χ1v) is 9.47. The van der Waals surface area contributed by atoms with Crippen LogP contribution in [0.4, 0.5) is 0 Å². The van der Waals surface area contributed by atoms with Crippen molar-refractivity contribution in [2.24, 2.45) is 16.8 Å². The Morgan fingerprint density at radius 3 is 2.60 bits per heavy atom. The van der Waals surface area contributed by atoms with Crippen LogP contribution in [0.3, 0.4) is 0 Å². The number of guanidine groups is 1. The Hall–Kier alpha value is -1.98. The number of carbonyl (C=O) groups excluding carboxylic acids is 1. The van der Waals surface area contributed by atoms with Gasteiger partial charge in [-0.1, -0.05) is 26.2 Å². The van der Waals surface area contributed by atoms with Crippen molar-refractivity contribution in [2.45, 2.75) is 32.6 Å². The van der Waals surface area contributed by atoms with E-state index in [0.717, 1.165) is 37.4 Å². The summed E-state index contributed by atoms with van der Waals surface area (Å²) in [6.07, 6.45) is 6.93. The van der Waals surface area contributed by atoms with Crippen molar-refractivity contribution in [1.82, 2.24) is 15.1 Å². The normalized spacial score (nSPS) is 25.1. The third-order valence-electron chi connectivity index (χ3n) is 5.62. The summed E-state index contributed by atoms with van der Waals surface area (Å²) in [6.45, 7) is 6.35. The molecule has 2 fully saturated rings. The first-order chi connectivity index (χ1) is 12.2. The minimum atomic E-state index is -0.0244. The molecule has 2 atom stereocenters. The Bertz CT molecular complexity index is 576. The molecule has 0 aromatic carbocycles. The second kappa shape index (κ2) is 8.41. The van der Waals surface area contributed by atoms with Crippen LogP contribution in [0, 0.1) is 11.8 Å². The van der Waals surface area contributed by atoms with Gasteiger partial charge in [-0.25, -0.2) is 0 Å². The van der Waals surface area contributed by atoms with Crippen molar-refractivity contribution in [3.8, 4) is 0 Å². The van der Waals surface area contributed by atoms with E-state index in [0.29, 0.717) is 18.8 Å². The molecule has 1 saturated carbocycles. The van der Waals surface area contributed by atoms with Gasteiger partial charge >= 0.3 is 0 Å². The van der Waals surface area contributed by atoms with E-state index in [-0.39, 0.29) is 5.91 Å². The molecule has 1 aromatic rings. The fourth-order valence-corrected chi connectivity index (χ4v) is 3.93. The second-order valence-electron chi connectivity index (χ2n) is 7.21. The average molecular weight is 346 g/mol. The molecule has 2 aliphatic rings. The number of furan rings is 1. The summed E-state index contributed by atoms with van der Waals surface area (Å²) < 4.78 is 5.22. The molecule has 25 heavy (non-hydrogen) atoms. The van der Waals surface area contributed by atoms with Crippen LogP contribution in [-0.2, 0) is 0 Å². The van der Waals surface area contributed by atoms with Gasteiger partial charge in [-0.15, -0.1) is 0 Å². The van der Waals surface area contributed by atoms with Gasteiger partial charge in [0.1, 0.15) is 0 Å². The van der Waals surface area contributed by atoms with Gasteiger partial charge < -0.3 is 19.5 Å². The Morgan fingerprint density at radius 2 is 1.96 bits per heavy atom. The molecule has 138 valence electrons. The van der Waals surface area contributed by atoms with E-state index in [9.17, 15) is 4.79 Å². The van der Waals surface area contributed by atoms with Crippen LogP contribution in [0.2, 0.25) is 0 Å². The van der Waals surface area contributed by atoms with E-state index < -0.39 is 0 Å². The van der Waals surface area contributed by atoms with Gasteiger partial charge in [0.15, 0.2) is 11.7 Å². The lowest BCUT2D eigenvalue weighted by molar-refractivity contribution is 0.0657. The molecule has 0 spiro atoms. The van der Waals surface area contributed by atoms with Crippen molar-refractivity contribution in [3.63, 3.8) is 0 Å². The quantitative estimate of drug-likeness (QED) is 0.674. The molecular weight excluding hydrogens is 316 g/mol. The van der Waals surface area contributed by atoms with Crippen molar-refractivity contribution >= 4 is 11.9 Å². The van der Waals surface area contributed by atoms with Gasteiger partial charge in [0.25, 0.3) is 5.91 Å². The fraction of sp³-hybridized carbons (Fsp3) is 0.684. The Labute approximate surface area is 150 Å². The lowest BCUT2D eigenvalue weighted by Gasteiger charge is -2.37. The topological polar surface area (TPSA) is 61.1 Å². The van der Waals surface area contributed by atoms with Crippen LogP contribution in [0.1, 0.15) is 43.2 Å². The molecule has 2 unspecified atom stereocenters. The summed E-state index contributed by atoms with van der Waals surface area (Å²) in [7, 11) is 1.84. The molecule has 1 amide bonds. The summed E-state index contributed by atoms with van der Waals surface area (Å²) >= 11 is 0. The lowest BCUT2D eigenvalue weighted by Crippen LogP contribution is -2.54. The molecule has 3 rings (SSSR count). The zero-order valence-corrected chi connectivity index (χ0v) is 15.4. The number of hydrogen-bond donors (Lipinski definition) is 1. The Morgan fingerprint density at radius 1 is 1.24 bits per heavy atom. The van der Waals surface area contributed by atoms with Crippen molar-refractivity contribution in [3.05, 3.63) is 24.2 Å². The summed E-state index contributed by atoms with van der Waals surface area (Å²) in [4.78, 5) is 20.9. The van der Waals surface area contributed by atoms with E-state index in [2.05, 4.69) is 22.1 Å². The highest BCUT2D eigenvalue weighted by molar-refractivity contribution is 5.91. The standard InChI is InChI=1S/C19H30N4O2/c1-15-6-3-4-7-16(15)14-21-19(20-2)23-11-9-22(10-12-23)18(24)17-8-5-13-25-17/h5,8,13,15-16H,3-4,6-7,9-12,14H2,1-2H3,(H,20,21). The molecular formula is C19H30N4O2. The lowest BCUT2D eigenvalue weighted by atomic mass is 9.80. The number of hydrogen-bond acceptors (Lipinski definition) is 3. The number of nitrogens with one attached hydrogen (secondary N) is 1. The number of aliphatic imine (C=N–C) groups is 1. The van der Waals surface area contributed by atoms with Crippen LogP contribution in [0.15, 0.2) is 27.8 Å². The minimum Gasteiger partial charge on any atom is -0.459 e. The SMILES string of the molecule is CN=C(NCC1CCCCC1C)N1CCN(C(=O)c2ccco2)CC1. The number of amides is 1. The number of rotatable bonds is 3. The summed E-state index contributed by atoms with van der Waals surface area (Å²) in [6, 6.07) is 3.47. The van der Waals surface area contributed by atoms with Crippen molar-refractivity contribution in [1.29, 1.82) is 0 Å². The van der Waals surface area contributed by atoms with Gasteiger partial charge in [-0.2, -0.15) is 0 Å². The molecule has 1 N–H and O–H groups in total. The maximum absolute atomic E-state index is 12.3. The van der Waals surface area contributed by atoms with E-state index in [1.165, 1.54) is 25.7 Å². The van der Waals surface area contributed by atoms with Crippen LogP contribution < -0.4 is 5.32 Å². The van der Waals surface area contributed by atoms with E-state index >= 15 is 0 Å². The molecule has 1 aliphatic carbocycles. The smallest absolute Gasteiger partial charge is 0.289 e. The van der Waals surface area contributed by atoms with E-state index in [1.807, 2.05) is 11.9 Å². The molecule has 2 heterocycles. The third kappa shape index (κ3) is 4.35. The highest BCUT2D eigenvalue weighted by Crippen LogP contribution is 2.28. The van der Waals surface area contributed by atoms with E-state index in [1.54, 1.807) is 18.4 Å². The van der Waals surface area contributed by atoms with Gasteiger partial charge in [0.2, 0.25) is 0 Å². The second-order valence-corrected chi connectivity index (χ2v) is 7.21. The highest BCUT2D eigenvalue weighted by Gasteiger charge is 2.26. The molecule has 0 radical (unpaired) electrons. The zero-order valence-electron chi connectivity index (χ0n) is 15.4. The predicted octanol–water partition coefficient (Wildman–Crippen LogP) is 2.44. The summed E-state index contributed by atoms with van der Waals surface area (Å²) in [5, 5.41) is 3.56. The van der Waals surface area contributed by atoms with Gasteiger partial charge in [0.05, 0.1) is 6.26 Å². The average Bonchev–Trinajstić information content (AvgIpc) is 3.18. The van der Waals surface area contributed by atoms with Gasteiger partial charge in [-0.05, 0) is 30.4 Å². The van der Waals surface area contributed by atoms with Crippen molar-refractivity contribution < 1.29 is 9.21 Å². The highest BCUT2D eigenvalue weighted by atomic mass is 16.3. The van der Waals surface area contributed by atoms with Crippen LogP contribution >= 0.6 is 0 Å². The molecule has 1 aliphatic heterocycles. The van der Waals surface area contributed by atoms with Gasteiger partial charge in [-0.3, -0.25) is 9.79 Å². The molecule has 0 bridgehead atoms. The first-order valence-electron chi connectivity index (χ1n) is 9.47. The van der Waals surface area contributed by atoms with Gasteiger partial charge in [0, 0.05) is 39.8 Å². The molecule has 6 nitrogen and oxygen atoms in total. The fourth-order valence-electron chi connectivity index (χ4n) is 3.93. The third-order valence-corrected chi connectivity index (χ3v) is 5.62. The van der Waals surface area contributed by atoms with Crippen LogP contribution in [0.5, 0.6) is 0 Å². The summed E-state index contributed by atoms with van der Waals surface area (Å²) in [5.74, 6) is 2.89. The maximum Gasteiger partial charge on any atom is 0.289 e. The first kappa shape index (κ1) is 17.8. The number of carbonyl (C=O) groups is 1. The number of nitrogens with zero attached hydrogens (tertiary/aromatic N) is 3. The monoisotopic (exact) mass is 346 g/mol. The Kier molecular flexibility index (Phi) is 6.00. The van der Waals surface area contributed by atoms with Crippen LogP contribution in [-0.4, -0.2) is 61.4 Å². The molecule has 1 aromatic heterocycles. The van der Waals surface area contributed by atoms with Crippen LogP contribution in [0.25, 0.3) is 0 Å². The number of piperazine rings is 1. The van der Waals surface area contributed by atoms with Crippen molar-refractivity contribution in [2.75, 3.05) is 39.8 Å². The van der Waals surface area contributed by atoms with E-state index in [4.69, 9.17) is 4.42 Å². The maximum atomic E-state index is 12.3. The molecule has 1 saturated heterocycles. The summed E-state index contributed by atoms with van der Waals surface area (Å²) in [5.41, 5.74) is 0. The largest absolute Gasteiger partial charge is 0.459 e. The minimum absolute atomic E-state index is 0.0244. The molecule has 6 heteroatoms. The predicted molar refractivity (Wildman–Crippen MR) is 98.7 cm³/mol. The Balaban J connectivity index is 1.48.